The number of hydrogen-bond donors (Lipinski definition) is 1. The number of Topliss-reactive ketones (excluding diaryl/α,β-unsaturated/α-hetero) is 1. The summed E-state index contributed by atoms with van der Waals surface area (Å²) in [6.45, 7) is -0.208. The van der Waals surface area contributed by atoms with Crippen LogP contribution in [0.3, 0.4) is 0 Å². The first-order chi connectivity index (χ1) is 7.41. The molecule has 0 radical (unpaired) electrons. The Balaban J connectivity index is 3.41. The Labute approximate surface area is 94.9 Å². The molecule has 0 fully saturated rings. The van der Waals surface area contributed by atoms with Crippen molar-refractivity contribution in [2.24, 2.45) is 5.73 Å². The Hall–Kier alpha value is -1.24. The van der Waals surface area contributed by atoms with Crippen LogP contribution in [0.25, 0.3) is 0 Å². The molecule has 0 aromatic heterocycles. The normalized spacial score (nSPS) is 11.8. The summed E-state index contributed by atoms with van der Waals surface area (Å²) in [6.07, 6.45) is 0. The molecule has 1 aromatic carbocycles. The summed E-state index contributed by atoms with van der Waals surface area (Å²) in [5, 5.41) is 0. The first-order valence-electron chi connectivity index (χ1n) is 4.66. The Morgan fingerprint density at radius 2 is 1.88 bits per heavy atom. The fraction of sp³-hybridized carbons (Fsp3) is 0.300. The van der Waals surface area contributed by atoms with Crippen LogP contribution in [0.15, 0.2) is 29.2 Å². The lowest BCUT2D eigenvalue weighted by atomic mass is 10.1. The summed E-state index contributed by atoms with van der Waals surface area (Å²) < 4.78 is 24.9. The topological polar surface area (TPSA) is 80.5 Å². The Morgan fingerprint density at radius 3 is 2.38 bits per heavy atom. The second-order valence-electron chi connectivity index (χ2n) is 3.41. The smallest absolute Gasteiger partial charge is 0.243 e. The molecule has 0 bridgehead atoms. The van der Waals surface area contributed by atoms with E-state index in [2.05, 4.69) is 0 Å². The lowest BCUT2D eigenvalue weighted by Crippen LogP contribution is -2.25. The van der Waals surface area contributed by atoms with Gasteiger partial charge in [0.2, 0.25) is 10.0 Å². The van der Waals surface area contributed by atoms with Crippen LogP contribution < -0.4 is 5.73 Å². The number of ketones is 1. The minimum atomic E-state index is -3.61. The number of hydrogen-bond acceptors (Lipinski definition) is 4. The van der Waals surface area contributed by atoms with E-state index in [0.29, 0.717) is 0 Å². The number of rotatable bonds is 4. The largest absolute Gasteiger partial charge is 0.324 e. The van der Waals surface area contributed by atoms with Crippen LogP contribution in [-0.2, 0) is 10.0 Å². The fourth-order valence-corrected chi connectivity index (χ4v) is 2.33. The summed E-state index contributed by atoms with van der Waals surface area (Å²) in [7, 11) is -0.774. The molecule has 0 amide bonds. The van der Waals surface area contributed by atoms with E-state index < -0.39 is 10.0 Å². The van der Waals surface area contributed by atoms with Gasteiger partial charge >= 0.3 is 0 Å². The molecule has 0 aliphatic heterocycles. The molecular formula is C10H14N2O3S. The van der Waals surface area contributed by atoms with Crippen molar-refractivity contribution < 1.29 is 13.2 Å². The van der Waals surface area contributed by atoms with E-state index in [9.17, 15) is 13.2 Å². The van der Waals surface area contributed by atoms with Crippen LogP contribution in [0.2, 0.25) is 0 Å². The number of benzene rings is 1. The van der Waals surface area contributed by atoms with Gasteiger partial charge in [-0.25, -0.2) is 12.7 Å². The third-order valence-electron chi connectivity index (χ3n) is 2.13. The number of nitrogens with zero attached hydrogens (tertiary/aromatic N) is 1. The van der Waals surface area contributed by atoms with Gasteiger partial charge in [0, 0.05) is 19.7 Å². The molecule has 5 nitrogen and oxygen atoms in total. The first kappa shape index (κ1) is 12.8. The van der Waals surface area contributed by atoms with Crippen molar-refractivity contribution in [1.29, 1.82) is 0 Å². The highest BCUT2D eigenvalue weighted by Crippen LogP contribution is 2.18. The van der Waals surface area contributed by atoms with Crippen molar-refractivity contribution in [2.45, 2.75) is 4.90 Å². The fourth-order valence-electron chi connectivity index (χ4n) is 1.23. The number of nitrogens with two attached hydrogens (primary N) is 1. The number of sulfonamides is 1. The molecule has 0 heterocycles. The third kappa shape index (κ3) is 2.29. The van der Waals surface area contributed by atoms with Crippen molar-refractivity contribution in [3.8, 4) is 0 Å². The molecule has 0 aliphatic carbocycles. The number of carbonyl (C=O) groups excluding carboxylic acids is 1. The standard InChI is InChI=1S/C10H14N2O3S/c1-12(2)16(14,15)10-6-4-3-5-8(10)9(13)7-11/h3-6H,7,11H2,1-2H3. The van der Waals surface area contributed by atoms with Crippen LogP contribution >= 0.6 is 0 Å². The average Bonchev–Trinajstić information content (AvgIpc) is 2.27. The van der Waals surface area contributed by atoms with Gasteiger partial charge in [-0.1, -0.05) is 12.1 Å². The highest BCUT2D eigenvalue weighted by atomic mass is 32.2. The van der Waals surface area contributed by atoms with Crippen LogP contribution in [0.1, 0.15) is 10.4 Å². The highest BCUT2D eigenvalue weighted by molar-refractivity contribution is 7.89. The average molecular weight is 242 g/mol. The lowest BCUT2D eigenvalue weighted by molar-refractivity contribution is 0.0998. The van der Waals surface area contributed by atoms with Gasteiger partial charge in [-0.15, -0.1) is 0 Å². The van der Waals surface area contributed by atoms with Gasteiger partial charge < -0.3 is 5.73 Å². The third-order valence-corrected chi connectivity index (χ3v) is 4.00. The van der Waals surface area contributed by atoms with Crippen LogP contribution in [-0.4, -0.2) is 39.1 Å². The molecule has 1 rings (SSSR count). The molecular weight excluding hydrogens is 228 g/mol. The van der Waals surface area contributed by atoms with E-state index in [1.165, 1.54) is 26.2 Å². The molecule has 16 heavy (non-hydrogen) atoms. The molecule has 0 atom stereocenters. The Morgan fingerprint density at radius 1 is 1.31 bits per heavy atom. The minimum absolute atomic E-state index is 0.00421. The second-order valence-corrected chi connectivity index (χ2v) is 5.53. The van der Waals surface area contributed by atoms with Crippen LogP contribution in [0, 0.1) is 0 Å². The summed E-state index contributed by atoms with van der Waals surface area (Å²) in [5.41, 5.74) is 5.37. The van der Waals surface area contributed by atoms with Crippen molar-refractivity contribution in [3.05, 3.63) is 29.8 Å². The molecule has 0 aliphatic rings. The zero-order chi connectivity index (χ0) is 12.3. The maximum atomic E-state index is 11.9. The van der Waals surface area contributed by atoms with Crippen LogP contribution in [0.4, 0.5) is 0 Å². The molecule has 1 aromatic rings. The molecule has 0 unspecified atom stereocenters. The van der Waals surface area contributed by atoms with Crippen molar-refractivity contribution >= 4 is 15.8 Å². The van der Waals surface area contributed by atoms with E-state index in [0.717, 1.165) is 4.31 Å². The zero-order valence-corrected chi connectivity index (χ0v) is 9.99. The molecule has 2 N–H and O–H groups in total. The van der Waals surface area contributed by atoms with Gasteiger partial charge in [0.05, 0.1) is 11.4 Å². The quantitative estimate of drug-likeness (QED) is 0.758. The van der Waals surface area contributed by atoms with Crippen LogP contribution in [0.5, 0.6) is 0 Å². The monoisotopic (exact) mass is 242 g/mol. The molecule has 88 valence electrons. The van der Waals surface area contributed by atoms with Crippen molar-refractivity contribution in [2.75, 3.05) is 20.6 Å². The van der Waals surface area contributed by atoms with Gasteiger partial charge in [0.1, 0.15) is 0 Å². The number of carbonyl (C=O) groups is 1. The van der Waals surface area contributed by atoms with Gasteiger partial charge in [-0.3, -0.25) is 4.79 Å². The SMILES string of the molecule is CN(C)S(=O)(=O)c1ccccc1C(=O)CN. The molecule has 6 heteroatoms. The minimum Gasteiger partial charge on any atom is -0.324 e. The van der Waals surface area contributed by atoms with Crippen molar-refractivity contribution in [1.82, 2.24) is 4.31 Å². The van der Waals surface area contributed by atoms with Crippen molar-refractivity contribution in [3.63, 3.8) is 0 Å². The molecule has 0 spiro atoms. The van der Waals surface area contributed by atoms with Gasteiger partial charge in [-0.05, 0) is 12.1 Å². The Kier molecular flexibility index (Phi) is 3.79. The maximum Gasteiger partial charge on any atom is 0.243 e. The lowest BCUT2D eigenvalue weighted by Gasteiger charge is -2.13. The predicted octanol–water partition coefficient (Wildman–Crippen LogP) is 0.0783. The second kappa shape index (κ2) is 4.73. The summed E-state index contributed by atoms with van der Waals surface area (Å²) in [4.78, 5) is 11.5. The van der Waals surface area contributed by atoms with Gasteiger partial charge in [-0.2, -0.15) is 0 Å². The van der Waals surface area contributed by atoms with Gasteiger partial charge in [0.25, 0.3) is 0 Å². The zero-order valence-electron chi connectivity index (χ0n) is 9.17. The molecule has 0 saturated carbocycles. The molecule has 0 saturated heterocycles. The van der Waals surface area contributed by atoms with E-state index in [4.69, 9.17) is 5.73 Å². The maximum absolute atomic E-state index is 11.9. The summed E-state index contributed by atoms with van der Waals surface area (Å²) in [5.74, 6) is -0.388. The Bertz CT molecular complexity index is 495. The van der Waals surface area contributed by atoms with Gasteiger partial charge in [0.15, 0.2) is 5.78 Å². The summed E-state index contributed by atoms with van der Waals surface area (Å²) in [6, 6.07) is 6.05. The van der Waals surface area contributed by atoms with E-state index >= 15 is 0 Å². The predicted molar refractivity (Wildman–Crippen MR) is 60.7 cm³/mol. The van der Waals surface area contributed by atoms with E-state index in [1.807, 2.05) is 0 Å². The van der Waals surface area contributed by atoms with E-state index in [-0.39, 0.29) is 22.8 Å². The first-order valence-corrected chi connectivity index (χ1v) is 6.10. The summed E-state index contributed by atoms with van der Waals surface area (Å²) >= 11 is 0. The highest BCUT2D eigenvalue weighted by Gasteiger charge is 2.23. The van der Waals surface area contributed by atoms with E-state index in [1.54, 1.807) is 12.1 Å².